The molecule has 64 valence electrons. The standard InChI is InChI=1S/C11H20/c1-4-10-8-6-7-9-11(10,3)5-2/h7,9-10H,4-6,8H2,1-3H3. The van der Waals surface area contributed by atoms with Gasteiger partial charge in [0, 0.05) is 0 Å². The summed E-state index contributed by atoms with van der Waals surface area (Å²) in [5, 5.41) is 0. The molecule has 0 bridgehead atoms. The van der Waals surface area contributed by atoms with E-state index >= 15 is 0 Å². The fourth-order valence-electron chi connectivity index (χ4n) is 2.19. The summed E-state index contributed by atoms with van der Waals surface area (Å²) in [6.45, 7) is 7.02. The number of allylic oxidation sites excluding steroid dienone is 2. The summed E-state index contributed by atoms with van der Waals surface area (Å²) in [5.74, 6) is 0.928. The summed E-state index contributed by atoms with van der Waals surface area (Å²) in [5.41, 5.74) is 0.507. The van der Waals surface area contributed by atoms with Crippen molar-refractivity contribution in [3.05, 3.63) is 12.2 Å². The molecule has 0 N–H and O–H groups in total. The molecule has 1 rings (SSSR count). The summed E-state index contributed by atoms with van der Waals surface area (Å²) in [6, 6.07) is 0. The third-order valence-corrected chi connectivity index (χ3v) is 3.37. The molecule has 0 fully saturated rings. The highest BCUT2D eigenvalue weighted by atomic mass is 14.3. The lowest BCUT2D eigenvalue weighted by molar-refractivity contribution is 0.213. The maximum atomic E-state index is 2.44. The summed E-state index contributed by atoms with van der Waals surface area (Å²) in [4.78, 5) is 0. The highest BCUT2D eigenvalue weighted by Crippen LogP contribution is 2.40. The van der Waals surface area contributed by atoms with Gasteiger partial charge in [-0.25, -0.2) is 0 Å². The lowest BCUT2D eigenvalue weighted by Gasteiger charge is -2.36. The molecule has 0 saturated heterocycles. The Morgan fingerprint density at radius 1 is 1.45 bits per heavy atom. The predicted molar refractivity (Wildman–Crippen MR) is 50.6 cm³/mol. The van der Waals surface area contributed by atoms with E-state index in [0.29, 0.717) is 5.41 Å². The first-order valence-electron chi connectivity index (χ1n) is 4.90. The van der Waals surface area contributed by atoms with Crippen LogP contribution >= 0.6 is 0 Å². The molecule has 2 unspecified atom stereocenters. The van der Waals surface area contributed by atoms with Gasteiger partial charge in [-0.2, -0.15) is 0 Å². The van der Waals surface area contributed by atoms with Crippen molar-refractivity contribution >= 4 is 0 Å². The van der Waals surface area contributed by atoms with Crippen molar-refractivity contribution in [1.29, 1.82) is 0 Å². The zero-order valence-electron chi connectivity index (χ0n) is 8.06. The normalized spacial score (nSPS) is 37.5. The second-order valence-corrected chi connectivity index (χ2v) is 3.94. The van der Waals surface area contributed by atoms with E-state index in [1.165, 1.54) is 25.7 Å². The largest absolute Gasteiger partial charge is 0.0880 e. The number of rotatable bonds is 2. The average molecular weight is 152 g/mol. The van der Waals surface area contributed by atoms with Gasteiger partial charge in [0.15, 0.2) is 0 Å². The topological polar surface area (TPSA) is 0 Å². The first-order valence-corrected chi connectivity index (χ1v) is 4.90. The van der Waals surface area contributed by atoms with Gasteiger partial charge in [-0.1, -0.05) is 39.3 Å². The van der Waals surface area contributed by atoms with E-state index in [1.807, 2.05) is 0 Å². The van der Waals surface area contributed by atoms with Crippen LogP contribution in [-0.4, -0.2) is 0 Å². The van der Waals surface area contributed by atoms with E-state index < -0.39 is 0 Å². The maximum absolute atomic E-state index is 2.44. The van der Waals surface area contributed by atoms with Crippen LogP contribution in [0.25, 0.3) is 0 Å². The van der Waals surface area contributed by atoms with E-state index in [9.17, 15) is 0 Å². The van der Waals surface area contributed by atoms with Crippen LogP contribution in [0.15, 0.2) is 12.2 Å². The molecule has 0 aromatic heterocycles. The van der Waals surface area contributed by atoms with Gasteiger partial charge in [0.1, 0.15) is 0 Å². The summed E-state index contributed by atoms with van der Waals surface area (Å²) < 4.78 is 0. The van der Waals surface area contributed by atoms with Crippen molar-refractivity contribution in [1.82, 2.24) is 0 Å². The van der Waals surface area contributed by atoms with E-state index in [-0.39, 0.29) is 0 Å². The van der Waals surface area contributed by atoms with Gasteiger partial charge in [-0.15, -0.1) is 0 Å². The van der Waals surface area contributed by atoms with Gasteiger partial charge in [0.25, 0.3) is 0 Å². The molecule has 1 aliphatic carbocycles. The molecule has 0 aliphatic heterocycles. The molecule has 0 heteroatoms. The summed E-state index contributed by atoms with van der Waals surface area (Å²) in [6.07, 6.45) is 10.1. The second kappa shape index (κ2) is 3.42. The zero-order valence-corrected chi connectivity index (χ0v) is 8.06. The van der Waals surface area contributed by atoms with E-state index in [4.69, 9.17) is 0 Å². The van der Waals surface area contributed by atoms with Crippen LogP contribution < -0.4 is 0 Å². The first-order chi connectivity index (χ1) is 5.23. The Morgan fingerprint density at radius 3 is 2.64 bits per heavy atom. The monoisotopic (exact) mass is 152 g/mol. The minimum atomic E-state index is 0.507. The Balaban J connectivity index is 2.71. The lowest BCUT2D eigenvalue weighted by atomic mass is 9.69. The fraction of sp³-hybridized carbons (Fsp3) is 0.818. The van der Waals surface area contributed by atoms with Crippen LogP contribution in [0.3, 0.4) is 0 Å². The van der Waals surface area contributed by atoms with E-state index in [2.05, 4.69) is 32.9 Å². The molecule has 0 amide bonds. The molecule has 0 spiro atoms. The van der Waals surface area contributed by atoms with Crippen LogP contribution in [-0.2, 0) is 0 Å². The van der Waals surface area contributed by atoms with Gasteiger partial charge in [-0.05, 0) is 30.6 Å². The van der Waals surface area contributed by atoms with Crippen LogP contribution in [0.2, 0.25) is 0 Å². The Hall–Kier alpha value is -0.260. The highest BCUT2D eigenvalue weighted by molar-refractivity contribution is 5.04. The molecule has 0 heterocycles. The lowest BCUT2D eigenvalue weighted by Crippen LogP contribution is -2.26. The zero-order chi connectivity index (χ0) is 8.32. The third-order valence-electron chi connectivity index (χ3n) is 3.37. The molecular weight excluding hydrogens is 132 g/mol. The van der Waals surface area contributed by atoms with Gasteiger partial charge >= 0.3 is 0 Å². The highest BCUT2D eigenvalue weighted by Gasteiger charge is 2.29. The first kappa shape index (κ1) is 8.83. The minimum Gasteiger partial charge on any atom is -0.0880 e. The average Bonchev–Trinajstić information content (AvgIpc) is 2.05. The smallest absolute Gasteiger partial charge is 0.0121 e. The maximum Gasteiger partial charge on any atom is -0.0121 e. The third kappa shape index (κ3) is 1.66. The van der Waals surface area contributed by atoms with Crippen LogP contribution in [0.5, 0.6) is 0 Å². The van der Waals surface area contributed by atoms with Gasteiger partial charge in [-0.3, -0.25) is 0 Å². The van der Waals surface area contributed by atoms with Crippen molar-refractivity contribution < 1.29 is 0 Å². The Kier molecular flexibility index (Phi) is 2.75. The molecule has 1 aliphatic rings. The predicted octanol–water partition coefficient (Wildman–Crippen LogP) is 3.78. The van der Waals surface area contributed by atoms with E-state index in [1.54, 1.807) is 0 Å². The molecule has 2 atom stereocenters. The van der Waals surface area contributed by atoms with Crippen molar-refractivity contribution in [2.24, 2.45) is 11.3 Å². The number of hydrogen-bond acceptors (Lipinski definition) is 0. The number of hydrogen-bond donors (Lipinski definition) is 0. The van der Waals surface area contributed by atoms with Gasteiger partial charge in [0.05, 0.1) is 0 Å². The summed E-state index contributed by atoms with van der Waals surface area (Å²) >= 11 is 0. The van der Waals surface area contributed by atoms with Crippen LogP contribution in [0, 0.1) is 11.3 Å². The van der Waals surface area contributed by atoms with Crippen LogP contribution in [0.1, 0.15) is 46.5 Å². The van der Waals surface area contributed by atoms with Crippen molar-refractivity contribution in [3.63, 3.8) is 0 Å². The van der Waals surface area contributed by atoms with Crippen molar-refractivity contribution in [2.45, 2.75) is 46.5 Å². The Morgan fingerprint density at radius 2 is 2.18 bits per heavy atom. The molecule has 0 saturated carbocycles. The molecule has 0 nitrogen and oxygen atoms in total. The molecular formula is C11H20. The minimum absolute atomic E-state index is 0.507. The van der Waals surface area contributed by atoms with Crippen molar-refractivity contribution in [3.8, 4) is 0 Å². The summed E-state index contributed by atoms with van der Waals surface area (Å²) in [7, 11) is 0. The van der Waals surface area contributed by atoms with Crippen molar-refractivity contribution in [2.75, 3.05) is 0 Å². The molecule has 0 aromatic carbocycles. The Bertz CT molecular complexity index is 146. The van der Waals surface area contributed by atoms with E-state index in [0.717, 1.165) is 5.92 Å². The Labute approximate surface area is 70.7 Å². The van der Waals surface area contributed by atoms with Gasteiger partial charge < -0.3 is 0 Å². The van der Waals surface area contributed by atoms with Crippen LogP contribution in [0.4, 0.5) is 0 Å². The molecule has 11 heavy (non-hydrogen) atoms. The fourth-order valence-corrected chi connectivity index (χ4v) is 2.19. The molecule has 0 aromatic rings. The molecule has 0 radical (unpaired) electrons. The second-order valence-electron chi connectivity index (χ2n) is 3.94. The van der Waals surface area contributed by atoms with Gasteiger partial charge in [0.2, 0.25) is 0 Å². The quantitative estimate of drug-likeness (QED) is 0.528. The SMILES string of the molecule is CCC1CCC=CC1(C)CC.